The molecule has 3 unspecified atom stereocenters. The molecule has 12 heterocycles. The number of anilines is 6. The van der Waals surface area contributed by atoms with Crippen LogP contribution in [0.2, 0.25) is 15.9 Å². The first-order chi connectivity index (χ1) is 50.2. The number of aromatic nitrogens is 24. The first-order valence-corrected chi connectivity index (χ1v) is 37.1. The summed E-state index contributed by atoms with van der Waals surface area (Å²) in [6.07, 6.45) is 8.86. The van der Waals surface area contributed by atoms with Crippen LogP contribution in [0.4, 0.5) is 48.1 Å². The number of nitrogens with one attached hydrogen (secondary N) is 12. The van der Waals surface area contributed by atoms with Gasteiger partial charge < -0.3 is 61.8 Å². The highest BCUT2D eigenvalue weighted by Crippen LogP contribution is 2.35. The fourth-order valence-electron chi connectivity index (χ4n) is 11.6. The van der Waals surface area contributed by atoms with Crippen LogP contribution < -0.4 is 31.9 Å². The molecule has 588 valence electrons. The Morgan fingerprint density at radius 2 is 0.509 bits per heavy atom. The van der Waals surface area contributed by atoms with E-state index >= 15 is 0 Å². The SMILES string of the molecule is CC(C)C(Nc1nc(Cl)nc2nc[nH]c12)C(C)(C)C.CC(C)[C@@H](Nc1nc(F)nc2nc[nH]c12)C(C)(C)C.CC(Nc1nc(Cl)nc2nc[nH]c12)C(C)(C)C.CCC(Nc1nc(Cl)nc2nc[nH]c12)C(C)(C)C.CC[C@@H](Nc1nc(F)nc2nc[nH]c12)C(C)(C)C.C[C@@H](Nc1nc(F)nc2nc[nH]c12)C(C)(C)C. The fraction of sp³-hybridized carbons (Fsp3) is 0.583. The molecule has 108 heavy (non-hydrogen) atoms. The molecule has 0 aliphatic carbocycles. The van der Waals surface area contributed by atoms with Crippen LogP contribution in [0.5, 0.6) is 0 Å². The van der Waals surface area contributed by atoms with E-state index in [9.17, 15) is 13.2 Å². The highest BCUT2D eigenvalue weighted by molar-refractivity contribution is 6.29. The first kappa shape index (κ1) is 86.0. The second-order valence-corrected chi connectivity index (χ2v) is 34.5. The van der Waals surface area contributed by atoms with Gasteiger partial charge in [-0.15, -0.1) is 0 Å². The molecule has 0 saturated carbocycles. The minimum absolute atomic E-state index is 0.0297. The second-order valence-electron chi connectivity index (χ2n) is 33.5. The Balaban J connectivity index is 0.000000181. The molecule has 0 aliphatic rings. The number of fused-ring (bicyclic) bond motifs is 6. The Morgan fingerprint density at radius 3 is 0.731 bits per heavy atom. The normalized spacial score (nSPS) is 13.9. The van der Waals surface area contributed by atoms with E-state index < -0.39 is 18.2 Å². The van der Waals surface area contributed by atoms with Crippen molar-refractivity contribution in [2.75, 3.05) is 31.9 Å². The predicted octanol–water partition coefficient (Wildman–Crippen LogP) is 17.6. The van der Waals surface area contributed by atoms with Crippen LogP contribution >= 0.6 is 34.8 Å². The zero-order valence-electron chi connectivity index (χ0n) is 66.8. The second kappa shape index (κ2) is 35.4. The molecule has 0 spiro atoms. The number of hydrogen-bond donors (Lipinski definition) is 12. The van der Waals surface area contributed by atoms with Gasteiger partial charge in [-0.2, -0.15) is 73.0 Å². The van der Waals surface area contributed by atoms with Crippen LogP contribution in [-0.2, 0) is 0 Å². The van der Waals surface area contributed by atoms with Gasteiger partial charge in [0.1, 0.15) is 33.1 Å². The van der Waals surface area contributed by atoms with Gasteiger partial charge in [0.15, 0.2) is 68.8 Å². The zero-order chi connectivity index (χ0) is 80.3. The molecule has 0 radical (unpaired) electrons. The number of imidazole rings is 6. The van der Waals surface area contributed by atoms with E-state index in [2.05, 4.69) is 325 Å². The number of rotatable bonds is 16. The molecule has 6 atom stereocenters. The van der Waals surface area contributed by atoms with E-state index in [4.69, 9.17) is 34.8 Å². The topological polar surface area (TPSA) is 399 Å². The van der Waals surface area contributed by atoms with Gasteiger partial charge >= 0.3 is 18.2 Å². The van der Waals surface area contributed by atoms with Crippen molar-refractivity contribution in [2.24, 2.45) is 44.3 Å². The minimum Gasteiger partial charge on any atom is -0.365 e. The lowest BCUT2D eigenvalue weighted by Gasteiger charge is -2.35. The molecular formula is C72H108Cl3F3N30. The van der Waals surface area contributed by atoms with Crippen molar-refractivity contribution < 1.29 is 13.2 Å². The van der Waals surface area contributed by atoms with Crippen molar-refractivity contribution in [3.8, 4) is 0 Å². The lowest BCUT2D eigenvalue weighted by atomic mass is 9.80. The molecule has 12 rings (SSSR count). The summed E-state index contributed by atoms with van der Waals surface area (Å²) in [5.41, 5.74) is 7.54. The van der Waals surface area contributed by atoms with E-state index in [1.807, 2.05) is 6.92 Å². The summed E-state index contributed by atoms with van der Waals surface area (Å²) in [4.78, 5) is 89.3. The van der Waals surface area contributed by atoms with Gasteiger partial charge in [-0.3, -0.25) is 0 Å². The van der Waals surface area contributed by atoms with Gasteiger partial charge in [0.05, 0.1) is 38.0 Å². The Bertz CT molecular complexity index is 4550. The van der Waals surface area contributed by atoms with Gasteiger partial charge in [-0.05, 0) is 106 Å². The standard InChI is InChI=1S/C13H20ClN5.C13H20FN5.C12H18ClN5.C12H18FN5.C11H16ClN5.C11H16FN5/c2*1-7(2)9(13(3,4)5)17-11-8-10(16-6-15-8)18-12(14)19-11;2*1-5-7(12(2,3)4)16-10-8-9(15-6-14-8)17-11(13)18-10;2*1-6(11(2,3)4)15-9-7-8(14-5-13-7)16-10(12)17-9/h2*6-7,9H,1-5H3,(H2,15,16,17,18,19);2*6-7H,5H2,1-4H3,(H2,14,15,16,17,18);2*5-6H,1-4H3,(H2,13,14,15,16,17)/t;9-;;7-;;6-/m.1.1.1/s1. The van der Waals surface area contributed by atoms with E-state index in [1.165, 1.54) is 19.0 Å². The third-order valence-corrected chi connectivity index (χ3v) is 18.7. The molecule has 12 aromatic heterocycles. The highest BCUT2D eigenvalue weighted by Gasteiger charge is 2.32. The molecule has 36 heteroatoms. The summed E-state index contributed by atoms with van der Waals surface area (Å²) < 4.78 is 39.9. The smallest absolute Gasteiger partial charge is 0.312 e. The number of aromatic amines is 6. The van der Waals surface area contributed by atoms with Gasteiger partial charge in [-0.1, -0.05) is 166 Å². The lowest BCUT2D eigenvalue weighted by Crippen LogP contribution is -2.38. The van der Waals surface area contributed by atoms with Crippen LogP contribution in [0.3, 0.4) is 0 Å². The van der Waals surface area contributed by atoms with E-state index in [0.717, 1.165) is 29.4 Å². The van der Waals surface area contributed by atoms with Crippen LogP contribution in [0.25, 0.3) is 67.0 Å². The number of nitrogens with zero attached hydrogens (tertiary/aromatic N) is 18. The molecule has 30 nitrogen and oxygen atoms in total. The van der Waals surface area contributed by atoms with E-state index in [1.54, 1.807) is 19.0 Å². The molecule has 12 aromatic rings. The lowest BCUT2D eigenvalue weighted by molar-refractivity contribution is 0.280. The van der Waals surface area contributed by atoms with Gasteiger partial charge in [-0.25, -0.2) is 29.9 Å². The van der Waals surface area contributed by atoms with Crippen LogP contribution in [0, 0.1) is 62.6 Å². The van der Waals surface area contributed by atoms with Crippen molar-refractivity contribution >= 4 is 137 Å². The van der Waals surface area contributed by atoms with E-state index in [0.29, 0.717) is 103 Å². The Labute approximate surface area is 643 Å². The predicted molar refractivity (Wildman–Crippen MR) is 428 cm³/mol. The molecule has 0 aliphatic heterocycles. The van der Waals surface area contributed by atoms with Crippen molar-refractivity contribution in [1.82, 2.24) is 120 Å². The van der Waals surface area contributed by atoms with Crippen LogP contribution in [0.1, 0.15) is 193 Å². The monoisotopic (exact) mass is 1550 g/mol. The largest absolute Gasteiger partial charge is 0.365 e. The summed E-state index contributed by atoms with van der Waals surface area (Å²) in [5, 5.41) is 20.7. The summed E-state index contributed by atoms with van der Waals surface area (Å²) in [7, 11) is 0. The van der Waals surface area contributed by atoms with Crippen LogP contribution in [-0.4, -0.2) is 156 Å². The maximum atomic E-state index is 13.4. The maximum absolute atomic E-state index is 13.4. The van der Waals surface area contributed by atoms with E-state index in [-0.39, 0.29) is 78.5 Å². The van der Waals surface area contributed by atoms with Crippen molar-refractivity contribution in [2.45, 2.75) is 229 Å². The first-order valence-electron chi connectivity index (χ1n) is 35.9. The quantitative estimate of drug-likeness (QED) is 0.0400. The van der Waals surface area contributed by atoms with Gasteiger partial charge in [0, 0.05) is 36.3 Å². The van der Waals surface area contributed by atoms with Crippen molar-refractivity contribution in [1.29, 1.82) is 0 Å². The molecule has 0 fully saturated rings. The molecule has 0 saturated heterocycles. The molecule has 12 N–H and O–H groups in total. The Kier molecular flexibility index (Phi) is 28.2. The third kappa shape index (κ3) is 23.4. The average Bonchev–Trinajstić information content (AvgIpc) is 1.48. The Hall–Kier alpha value is -9.24. The summed E-state index contributed by atoms with van der Waals surface area (Å²) in [6, 6.07) is 1.31. The van der Waals surface area contributed by atoms with Crippen molar-refractivity contribution in [3.63, 3.8) is 0 Å². The van der Waals surface area contributed by atoms with Crippen LogP contribution in [0.15, 0.2) is 38.0 Å². The maximum Gasteiger partial charge on any atom is 0.312 e. The summed E-state index contributed by atoms with van der Waals surface area (Å²) in [6.45, 7) is 55.9. The molecule has 0 amide bonds. The van der Waals surface area contributed by atoms with Crippen molar-refractivity contribution in [3.05, 3.63) is 72.0 Å². The zero-order valence-corrected chi connectivity index (χ0v) is 69.1. The highest BCUT2D eigenvalue weighted by atomic mass is 35.5. The minimum atomic E-state index is -0.770. The molecule has 0 aromatic carbocycles. The Morgan fingerprint density at radius 1 is 0.296 bits per heavy atom. The molecular weight excluding hydrogens is 1450 g/mol. The molecule has 0 bridgehead atoms. The average molecular weight is 1560 g/mol. The summed E-state index contributed by atoms with van der Waals surface area (Å²) in [5.74, 6) is 4.35. The summed E-state index contributed by atoms with van der Waals surface area (Å²) >= 11 is 17.7. The van der Waals surface area contributed by atoms with Gasteiger partial charge in [0.2, 0.25) is 15.9 Å². The third-order valence-electron chi connectivity index (χ3n) is 18.2. The number of H-pyrrole nitrogens is 6. The van der Waals surface area contributed by atoms with Gasteiger partial charge in [0.25, 0.3) is 0 Å². The fourth-order valence-corrected chi connectivity index (χ4v) is 12.1. The number of hydrogen-bond acceptors (Lipinski definition) is 24. The number of halogens is 6.